The molecular weight excluding hydrogens is 304 g/mol. The van der Waals surface area contributed by atoms with E-state index in [0.717, 1.165) is 30.7 Å². The number of nitrogens with one attached hydrogen (secondary N) is 1. The van der Waals surface area contributed by atoms with Crippen LogP contribution in [0.5, 0.6) is 11.5 Å². The third-order valence-electron chi connectivity index (χ3n) is 4.11. The summed E-state index contributed by atoms with van der Waals surface area (Å²) in [7, 11) is 1.70. The fourth-order valence-electron chi connectivity index (χ4n) is 2.30. The van der Waals surface area contributed by atoms with Gasteiger partial charge in [-0.25, -0.2) is 0 Å². The fourth-order valence-corrected chi connectivity index (χ4v) is 2.30. The maximum absolute atomic E-state index is 11.9. The minimum absolute atomic E-state index is 0.122. The van der Waals surface area contributed by atoms with Crippen molar-refractivity contribution in [2.75, 3.05) is 19.0 Å². The summed E-state index contributed by atoms with van der Waals surface area (Å²) in [6.07, 6.45) is 2.38. The zero-order chi connectivity index (χ0) is 17.0. The molecule has 126 valence electrons. The highest BCUT2D eigenvalue weighted by Gasteiger charge is 2.45. The average Bonchev–Trinajstić information content (AvgIpc) is 3.35. The fraction of sp³-hybridized carbons (Fsp3) is 0.316. The molecule has 3 rings (SSSR count). The molecule has 0 radical (unpaired) electrons. The van der Waals surface area contributed by atoms with Gasteiger partial charge >= 0.3 is 0 Å². The van der Waals surface area contributed by atoms with Crippen LogP contribution in [0.1, 0.15) is 18.4 Å². The van der Waals surface area contributed by atoms with Gasteiger partial charge in [0.25, 0.3) is 0 Å². The normalized spacial score (nSPS) is 14.9. The van der Waals surface area contributed by atoms with Crippen molar-refractivity contribution in [1.29, 1.82) is 0 Å². The van der Waals surface area contributed by atoms with Gasteiger partial charge in [-0.15, -0.1) is 0 Å². The Hall–Kier alpha value is -2.37. The van der Waals surface area contributed by atoms with E-state index in [-0.39, 0.29) is 5.91 Å². The zero-order valence-electron chi connectivity index (χ0n) is 13.7. The van der Waals surface area contributed by atoms with E-state index in [1.54, 1.807) is 7.11 Å². The van der Waals surface area contributed by atoms with E-state index in [9.17, 15) is 4.79 Å². The molecule has 3 N–H and O–H groups in total. The Kier molecular flexibility index (Phi) is 4.83. The van der Waals surface area contributed by atoms with Crippen LogP contribution in [-0.4, -0.2) is 25.2 Å². The first kappa shape index (κ1) is 16.5. The van der Waals surface area contributed by atoms with Crippen molar-refractivity contribution in [2.45, 2.75) is 24.8 Å². The van der Waals surface area contributed by atoms with Gasteiger partial charge in [-0.1, -0.05) is 12.1 Å². The van der Waals surface area contributed by atoms with Crippen molar-refractivity contribution in [1.82, 2.24) is 0 Å². The molecule has 0 bridgehead atoms. The summed E-state index contributed by atoms with van der Waals surface area (Å²) < 4.78 is 10.9. The Bertz CT molecular complexity index is 692. The lowest BCUT2D eigenvalue weighted by molar-refractivity contribution is -0.118. The number of methoxy groups -OCH3 is 1. The second kappa shape index (κ2) is 7.03. The quantitative estimate of drug-likeness (QED) is 0.820. The number of rotatable bonds is 7. The van der Waals surface area contributed by atoms with Crippen molar-refractivity contribution in [3.05, 3.63) is 54.1 Å². The average molecular weight is 326 g/mol. The maximum Gasteiger partial charge on any atom is 0.244 e. The Morgan fingerprint density at radius 2 is 1.67 bits per heavy atom. The third-order valence-corrected chi connectivity index (χ3v) is 4.11. The standard InChI is InChI=1S/C19H22N2O3/c1-23-13-10-14-2-6-16(7-3-14)24-17-8-4-15(5-9-17)21-18(22)19(20)11-12-19/h2-9H,10-13,20H2,1H3,(H,21,22). The molecule has 0 heterocycles. The van der Waals surface area contributed by atoms with Gasteiger partial charge in [0, 0.05) is 12.8 Å². The van der Waals surface area contributed by atoms with E-state index < -0.39 is 5.54 Å². The summed E-state index contributed by atoms with van der Waals surface area (Å²) in [5.74, 6) is 1.36. The molecule has 0 spiro atoms. The van der Waals surface area contributed by atoms with Crippen molar-refractivity contribution in [3.63, 3.8) is 0 Å². The smallest absolute Gasteiger partial charge is 0.244 e. The van der Waals surface area contributed by atoms with E-state index in [1.165, 1.54) is 5.56 Å². The van der Waals surface area contributed by atoms with Gasteiger partial charge in [0.05, 0.1) is 12.1 Å². The summed E-state index contributed by atoms with van der Waals surface area (Å²) in [6.45, 7) is 0.706. The Morgan fingerprint density at radius 1 is 1.08 bits per heavy atom. The highest BCUT2D eigenvalue weighted by molar-refractivity contribution is 6.00. The molecule has 24 heavy (non-hydrogen) atoms. The minimum Gasteiger partial charge on any atom is -0.457 e. The Balaban J connectivity index is 1.56. The van der Waals surface area contributed by atoms with Crippen LogP contribution in [0.2, 0.25) is 0 Å². The lowest BCUT2D eigenvalue weighted by Gasteiger charge is -2.11. The molecule has 1 aliphatic carbocycles. The van der Waals surface area contributed by atoms with Crippen molar-refractivity contribution in [2.24, 2.45) is 5.73 Å². The molecule has 1 amide bonds. The molecule has 5 nitrogen and oxygen atoms in total. The third kappa shape index (κ3) is 4.13. The first-order chi connectivity index (χ1) is 11.6. The first-order valence-corrected chi connectivity index (χ1v) is 8.05. The highest BCUT2D eigenvalue weighted by atomic mass is 16.5. The first-order valence-electron chi connectivity index (χ1n) is 8.05. The number of hydrogen-bond acceptors (Lipinski definition) is 4. The lowest BCUT2D eigenvalue weighted by Crippen LogP contribution is -2.37. The highest BCUT2D eigenvalue weighted by Crippen LogP contribution is 2.33. The second-order valence-corrected chi connectivity index (χ2v) is 6.12. The minimum atomic E-state index is -0.667. The lowest BCUT2D eigenvalue weighted by atomic mass is 10.1. The summed E-state index contributed by atoms with van der Waals surface area (Å²) in [6, 6.07) is 15.2. The molecule has 0 aromatic heterocycles. The van der Waals surface area contributed by atoms with Gasteiger partial charge in [-0.05, 0) is 61.2 Å². The van der Waals surface area contributed by atoms with Crippen LogP contribution in [0.3, 0.4) is 0 Å². The molecule has 5 heteroatoms. The molecule has 0 unspecified atom stereocenters. The maximum atomic E-state index is 11.9. The van der Waals surface area contributed by atoms with Crippen LogP contribution in [0, 0.1) is 0 Å². The molecule has 0 aliphatic heterocycles. The molecule has 2 aromatic carbocycles. The summed E-state index contributed by atoms with van der Waals surface area (Å²) in [4.78, 5) is 11.9. The van der Waals surface area contributed by atoms with Gasteiger partial charge in [-0.2, -0.15) is 0 Å². The van der Waals surface area contributed by atoms with E-state index in [2.05, 4.69) is 5.32 Å². The number of nitrogens with two attached hydrogens (primary N) is 1. The van der Waals surface area contributed by atoms with E-state index >= 15 is 0 Å². The van der Waals surface area contributed by atoms with Gasteiger partial charge in [-0.3, -0.25) is 4.79 Å². The monoisotopic (exact) mass is 326 g/mol. The molecule has 0 saturated heterocycles. The van der Waals surface area contributed by atoms with Gasteiger partial charge in [0.2, 0.25) is 5.91 Å². The largest absolute Gasteiger partial charge is 0.457 e. The number of carbonyl (C=O) groups is 1. The number of carbonyl (C=O) groups excluding carboxylic acids is 1. The van der Waals surface area contributed by atoms with Gasteiger partial charge in [0.15, 0.2) is 0 Å². The van der Waals surface area contributed by atoms with E-state index in [4.69, 9.17) is 15.2 Å². The van der Waals surface area contributed by atoms with Crippen LogP contribution < -0.4 is 15.8 Å². The SMILES string of the molecule is COCCc1ccc(Oc2ccc(NC(=O)C3(N)CC3)cc2)cc1. The van der Waals surface area contributed by atoms with Crippen LogP contribution >= 0.6 is 0 Å². The number of benzene rings is 2. The summed E-state index contributed by atoms with van der Waals surface area (Å²) in [5, 5.41) is 2.83. The Labute approximate surface area is 141 Å². The van der Waals surface area contributed by atoms with E-state index in [1.807, 2.05) is 48.5 Å². The second-order valence-electron chi connectivity index (χ2n) is 6.12. The van der Waals surface area contributed by atoms with Crippen molar-refractivity contribution in [3.8, 4) is 11.5 Å². The van der Waals surface area contributed by atoms with Crippen molar-refractivity contribution >= 4 is 11.6 Å². The predicted molar refractivity (Wildman–Crippen MR) is 93.3 cm³/mol. The topological polar surface area (TPSA) is 73.6 Å². The summed E-state index contributed by atoms with van der Waals surface area (Å²) in [5.41, 5.74) is 7.13. The number of ether oxygens (including phenoxy) is 2. The molecule has 0 atom stereocenters. The van der Waals surface area contributed by atoms with Crippen LogP contribution in [0.15, 0.2) is 48.5 Å². The van der Waals surface area contributed by atoms with E-state index in [0.29, 0.717) is 12.4 Å². The van der Waals surface area contributed by atoms with Crippen LogP contribution in [-0.2, 0) is 16.0 Å². The zero-order valence-corrected chi connectivity index (χ0v) is 13.7. The van der Waals surface area contributed by atoms with Crippen LogP contribution in [0.25, 0.3) is 0 Å². The molecule has 2 aromatic rings. The molecular formula is C19H22N2O3. The molecule has 1 fully saturated rings. The number of hydrogen-bond donors (Lipinski definition) is 2. The van der Waals surface area contributed by atoms with Crippen molar-refractivity contribution < 1.29 is 14.3 Å². The van der Waals surface area contributed by atoms with Gasteiger partial charge < -0.3 is 20.5 Å². The number of amides is 1. The Morgan fingerprint density at radius 3 is 2.21 bits per heavy atom. The summed E-state index contributed by atoms with van der Waals surface area (Å²) >= 11 is 0. The number of anilines is 1. The predicted octanol–water partition coefficient (Wildman–Crippen LogP) is 3.10. The van der Waals surface area contributed by atoms with Crippen LogP contribution in [0.4, 0.5) is 5.69 Å². The van der Waals surface area contributed by atoms with Gasteiger partial charge in [0.1, 0.15) is 11.5 Å². The molecule has 1 aliphatic rings. The molecule has 1 saturated carbocycles.